The number of hydrogen-bond donors (Lipinski definition) is 2. The zero-order valence-corrected chi connectivity index (χ0v) is 5.09. The van der Waals surface area contributed by atoms with E-state index in [1.54, 1.807) is 18.3 Å². The second-order valence-corrected chi connectivity index (χ2v) is 1.65. The van der Waals surface area contributed by atoms with E-state index < -0.39 is 5.91 Å². The van der Waals surface area contributed by atoms with Crippen LogP contribution in [0.4, 0.5) is 5.82 Å². The van der Waals surface area contributed by atoms with E-state index in [0.29, 0.717) is 5.82 Å². The Balaban J connectivity index is 2.59. The normalized spacial score (nSPS) is 8.30. The average Bonchev–Trinajstić information content (AvgIpc) is 2.40. The molecule has 0 saturated heterocycles. The second-order valence-electron chi connectivity index (χ2n) is 1.65. The SMILES string of the molecule is N#CC(=O)Nc1ccc[nH]1. The van der Waals surface area contributed by atoms with Gasteiger partial charge in [0, 0.05) is 6.20 Å². The fraction of sp³-hybridized carbons (Fsp3) is 0. The molecular weight excluding hydrogens is 130 g/mol. The number of carbonyl (C=O) groups is 1. The van der Waals surface area contributed by atoms with Crippen LogP contribution in [0.1, 0.15) is 0 Å². The third-order valence-electron chi connectivity index (χ3n) is 0.948. The fourth-order valence-corrected chi connectivity index (χ4v) is 0.558. The van der Waals surface area contributed by atoms with Crippen molar-refractivity contribution >= 4 is 11.7 Å². The largest absolute Gasteiger partial charge is 0.348 e. The molecule has 4 heteroatoms. The van der Waals surface area contributed by atoms with Crippen LogP contribution in [0.5, 0.6) is 0 Å². The summed E-state index contributed by atoms with van der Waals surface area (Å²) in [5.41, 5.74) is 0. The van der Waals surface area contributed by atoms with E-state index >= 15 is 0 Å². The zero-order valence-electron chi connectivity index (χ0n) is 5.09. The molecule has 0 fully saturated rings. The van der Waals surface area contributed by atoms with Gasteiger partial charge in [0.2, 0.25) is 0 Å². The van der Waals surface area contributed by atoms with Crippen molar-refractivity contribution in [1.29, 1.82) is 5.26 Å². The van der Waals surface area contributed by atoms with Crippen LogP contribution in [0.15, 0.2) is 18.3 Å². The summed E-state index contributed by atoms with van der Waals surface area (Å²) in [5, 5.41) is 10.4. The molecule has 50 valence electrons. The lowest BCUT2D eigenvalue weighted by Gasteiger charge is -1.91. The first kappa shape index (κ1) is 6.36. The number of aromatic amines is 1. The predicted molar refractivity (Wildman–Crippen MR) is 35.0 cm³/mol. The Kier molecular flexibility index (Phi) is 1.71. The van der Waals surface area contributed by atoms with Gasteiger partial charge in [-0.15, -0.1) is 0 Å². The standard InChI is InChI=1S/C6H5N3O/c7-4-6(10)9-5-2-1-3-8-5/h1-3,8H,(H,9,10). The van der Waals surface area contributed by atoms with Crippen LogP contribution in [0.3, 0.4) is 0 Å². The maximum atomic E-state index is 10.4. The minimum Gasteiger partial charge on any atom is -0.348 e. The van der Waals surface area contributed by atoms with Crippen LogP contribution < -0.4 is 5.32 Å². The van der Waals surface area contributed by atoms with E-state index in [0.717, 1.165) is 0 Å². The molecule has 1 aromatic heterocycles. The van der Waals surface area contributed by atoms with Gasteiger partial charge >= 0.3 is 5.91 Å². The predicted octanol–water partition coefficient (Wildman–Crippen LogP) is 0.477. The number of rotatable bonds is 1. The molecular formula is C6H5N3O. The van der Waals surface area contributed by atoms with Crippen molar-refractivity contribution in [3.05, 3.63) is 18.3 Å². The van der Waals surface area contributed by atoms with Gasteiger partial charge < -0.3 is 4.98 Å². The Morgan fingerprint density at radius 2 is 2.60 bits per heavy atom. The van der Waals surface area contributed by atoms with Crippen molar-refractivity contribution in [2.24, 2.45) is 0 Å². The van der Waals surface area contributed by atoms with Gasteiger partial charge in [-0.05, 0) is 12.1 Å². The number of nitrogens with zero attached hydrogens (tertiary/aromatic N) is 1. The molecule has 0 radical (unpaired) electrons. The summed E-state index contributed by atoms with van der Waals surface area (Å²) in [6, 6.07) is 4.82. The van der Waals surface area contributed by atoms with Crippen molar-refractivity contribution in [2.45, 2.75) is 0 Å². The summed E-state index contributed by atoms with van der Waals surface area (Å²) in [4.78, 5) is 13.1. The number of carbonyl (C=O) groups excluding carboxylic acids is 1. The molecule has 0 saturated carbocycles. The van der Waals surface area contributed by atoms with E-state index in [1.165, 1.54) is 6.07 Å². The zero-order chi connectivity index (χ0) is 7.40. The van der Waals surface area contributed by atoms with Gasteiger partial charge in [-0.25, -0.2) is 0 Å². The highest BCUT2D eigenvalue weighted by molar-refractivity contribution is 6.01. The summed E-state index contributed by atoms with van der Waals surface area (Å²) in [6.45, 7) is 0. The Morgan fingerprint density at radius 1 is 1.80 bits per heavy atom. The summed E-state index contributed by atoms with van der Waals surface area (Å²) in [5.74, 6) is -0.131. The summed E-state index contributed by atoms with van der Waals surface area (Å²) < 4.78 is 0. The lowest BCUT2D eigenvalue weighted by Crippen LogP contribution is -2.07. The molecule has 0 aromatic carbocycles. The molecule has 4 nitrogen and oxygen atoms in total. The lowest BCUT2D eigenvalue weighted by atomic mass is 10.6. The van der Waals surface area contributed by atoms with Gasteiger partial charge in [0.25, 0.3) is 0 Å². The highest BCUT2D eigenvalue weighted by Crippen LogP contribution is 1.99. The van der Waals surface area contributed by atoms with E-state index in [4.69, 9.17) is 5.26 Å². The minimum absolute atomic E-state index is 0.534. The third-order valence-corrected chi connectivity index (χ3v) is 0.948. The van der Waals surface area contributed by atoms with Crippen LogP contribution in [0, 0.1) is 11.3 Å². The highest BCUT2D eigenvalue weighted by atomic mass is 16.1. The maximum absolute atomic E-state index is 10.4. The van der Waals surface area contributed by atoms with E-state index in [2.05, 4.69) is 10.3 Å². The summed E-state index contributed by atoms with van der Waals surface area (Å²) in [7, 11) is 0. The van der Waals surface area contributed by atoms with Crippen molar-refractivity contribution in [3.8, 4) is 6.07 Å². The number of aromatic nitrogens is 1. The second kappa shape index (κ2) is 2.69. The van der Waals surface area contributed by atoms with Gasteiger partial charge in [0.05, 0.1) is 0 Å². The lowest BCUT2D eigenvalue weighted by molar-refractivity contribution is -0.111. The van der Waals surface area contributed by atoms with Crippen LogP contribution in [0.2, 0.25) is 0 Å². The van der Waals surface area contributed by atoms with E-state index in [9.17, 15) is 4.79 Å². The number of anilines is 1. The van der Waals surface area contributed by atoms with Crippen molar-refractivity contribution < 1.29 is 4.79 Å². The molecule has 1 heterocycles. The number of nitriles is 1. The van der Waals surface area contributed by atoms with Crippen LogP contribution >= 0.6 is 0 Å². The van der Waals surface area contributed by atoms with Gasteiger partial charge in [0.1, 0.15) is 5.82 Å². The molecule has 0 unspecified atom stereocenters. The van der Waals surface area contributed by atoms with Gasteiger partial charge in [0.15, 0.2) is 6.07 Å². The monoisotopic (exact) mass is 135 g/mol. The number of amides is 1. The first-order valence-corrected chi connectivity index (χ1v) is 2.67. The van der Waals surface area contributed by atoms with Crippen molar-refractivity contribution in [3.63, 3.8) is 0 Å². The van der Waals surface area contributed by atoms with Crippen molar-refractivity contribution in [1.82, 2.24) is 4.98 Å². The smallest absolute Gasteiger partial charge is 0.327 e. The molecule has 1 aromatic rings. The third kappa shape index (κ3) is 1.36. The van der Waals surface area contributed by atoms with Gasteiger partial charge in [-0.2, -0.15) is 5.26 Å². The Morgan fingerprint density at radius 3 is 3.10 bits per heavy atom. The molecule has 0 aliphatic heterocycles. The molecule has 1 amide bonds. The first-order valence-electron chi connectivity index (χ1n) is 2.67. The van der Waals surface area contributed by atoms with Crippen LogP contribution in [-0.2, 0) is 4.79 Å². The number of H-pyrrole nitrogens is 1. The Bertz CT molecular complexity index is 257. The first-order chi connectivity index (χ1) is 4.83. The Labute approximate surface area is 57.5 Å². The maximum Gasteiger partial charge on any atom is 0.327 e. The highest BCUT2D eigenvalue weighted by Gasteiger charge is 1.96. The van der Waals surface area contributed by atoms with Crippen LogP contribution in [0.25, 0.3) is 0 Å². The molecule has 2 N–H and O–H groups in total. The fourth-order valence-electron chi connectivity index (χ4n) is 0.558. The molecule has 0 atom stereocenters. The van der Waals surface area contributed by atoms with Crippen LogP contribution in [-0.4, -0.2) is 10.9 Å². The summed E-state index contributed by atoms with van der Waals surface area (Å²) in [6.07, 6.45) is 1.66. The molecule has 1 rings (SSSR count). The molecule has 0 aliphatic carbocycles. The molecule has 0 bridgehead atoms. The van der Waals surface area contributed by atoms with Crippen molar-refractivity contribution in [2.75, 3.05) is 5.32 Å². The topological polar surface area (TPSA) is 68.7 Å². The molecule has 10 heavy (non-hydrogen) atoms. The number of hydrogen-bond acceptors (Lipinski definition) is 2. The van der Waals surface area contributed by atoms with E-state index in [1.807, 2.05) is 0 Å². The Hall–Kier alpha value is -1.76. The number of nitrogens with one attached hydrogen (secondary N) is 2. The minimum atomic E-state index is -0.664. The van der Waals surface area contributed by atoms with E-state index in [-0.39, 0.29) is 0 Å². The van der Waals surface area contributed by atoms with Gasteiger partial charge in [-0.3, -0.25) is 10.1 Å². The average molecular weight is 135 g/mol. The molecule has 0 aliphatic rings. The quantitative estimate of drug-likeness (QED) is 0.550. The molecule has 0 spiro atoms. The van der Waals surface area contributed by atoms with Gasteiger partial charge in [-0.1, -0.05) is 0 Å². The summed E-state index contributed by atoms with van der Waals surface area (Å²) >= 11 is 0.